The van der Waals surface area contributed by atoms with Gasteiger partial charge in [-0.05, 0) is 25.5 Å². The molecule has 0 unspecified atom stereocenters. The van der Waals surface area contributed by atoms with Crippen LogP contribution in [0.2, 0.25) is 0 Å². The van der Waals surface area contributed by atoms with Crippen molar-refractivity contribution in [2.45, 2.75) is 20.0 Å². The number of nitrogens with one attached hydrogen (secondary N) is 1. The summed E-state index contributed by atoms with van der Waals surface area (Å²) < 4.78 is 26.2. The van der Waals surface area contributed by atoms with Crippen molar-refractivity contribution in [3.63, 3.8) is 0 Å². The molecule has 1 rings (SSSR count). The zero-order valence-corrected chi connectivity index (χ0v) is 8.14. The lowest BCUT2D eigenvalue weighted by atomic mass is 10.2. The molecule has 0 heterocycles. The van der Waals surface area contributed by atoms with Gasteiger partial charge < -0.3 is 10.4 Å². The van der Waals surface area contributed by atoms with E-state index in [-0.39, 0.29) is 17.8 Å². The Hall–Kier alpha value is -1.16. The van der Waals surface area contributed by atoms with Crippen molar-refractivity contribution in [2.24, 2.45) is 0 Å². The standard InChI is InChI=1S/C10H13F2NO/c1-6-3-9(12)10(4-8(6)11)13-5-7(2)14/h3-4,7,13-14H,5H2,1-2H3/t7-/m1/s1. The Morgan fingerprint density at radius 1 is 1.36 bits per heavy atom. The summed E-state index contributed by atoms with van der Waals surface area (Å²) in [7, 11) is 0. The number of hydrogen-bond donors (Lipinski definition) is 2. The molecule has 0 bridgehead atoms. The van der Waals surface area contributed by atoms with Gasteiger partial charge in [-0.15, -0.1) is 0 Å². The van der Waals surface area contributed by atoms with Crippen LogP contribution in [0.3, 0.4) is 0 Å². The number of rotatable bonds is 3. The molecule has 0 fully saturated rings. The number of aliphatic hydroxyl groups is 1. The van der Waals surface area contributed by atoms with E-state index in [1.54, 1.807) is 6.92 Å². The van der Waals surface area contributed by atoms with E-state index < -0.39 is 17.7 Å². The van der Waals surface area contributed by atoms with Crippen LogP contribution in [0.15, 0.2) is 12.1 Å². The summed E-state index contributed by atoms with van der Waals surface area (Å²) in [5, 5.41) is 11.6. The van der Waals surface area contributed by atoms with Gasteiger partial charge in [0.25, 0.3) is 0 Å². The maximum absolute atomic E-state index is 13.2. The Balaban J connectivity index is 2.82. The lowest BCUT2D eigenvalue weighted by Crippen LogP contribution is -2.16. The molecule has 14 heavy (non-hydrogen) atoms. The minimum Gasteiger partial charge on any atom is -0.392 e. The fraction of sp³-hybridized carbons (Fsp3) is 0.400. The van der Waals surface area contributed by atoms with Crippen LogP contribution in [0.4, 0.5) is 14.5 Å². The molecule has 0 radical (unpaired) electrons. The van der Waals surface area contributed by atoms with Crippen molar-refractivity contribution in [1.29, 1.82) is 0 Å². The van der Waals surface area contributed by atoms with E-state index in [0.29, 0.717) is 0 Å². The van der Waals surface area contributed by atoms with Crippen LogP contribution in [0.1, 0.15) is 12.5 Å². The zero-order chi connectivity index (χ0) is 10.7. The lowest BCUT2D eigenvalue weighted by Gasteiger charge is -2.10. The summed E-state index contributed by atoms with van der Waals surface area (Å²) in [5.41, 5.74) is 0.346. The van der Waals surface area contributed by atoms with Gasteiger partial charge in [-0.25, -0.2) is 8.78 Å². The minimum absolute atomic E-state index is 0.0778. The SMILES string of the molecule is Cc1cc(F)c(NC[C@@H](C)O)cc1F. The van der Waals surface area contributed by atoms with Gasteiger partial charge in [-0.3, -0.25) is 0 Å². The first-order valence-electron chi connectivity index (χ1n) is 4.38. The van der Waals surface area contributed by atoms with Gasteiger partial charge in [-0.2, -0.15) is 0 Å². The van der Waals surface area contributed by atoms with Crippen molar-refractivity contribution >= 4 is 5.69 Å². The summed E-state index contributed by atoms with van der Waals surface area (Å²) in [6.45, 7) is 3.26. The number of halogens is 2. The predicted octanol–water partition coefficient (Wildman–Crippen LogP) is 2.07. The maximum Gasteiger partial charge on any atom is 0.146 e. The normalized spacial score (nSPS) is 12.6. The number of benzene rings is 1. The summed E-state index contributed by atoms with van der Waals surface area (Å²) in [6.07, 6.45) is -0.598. The van der Waals surface area contributed by atoms with E-state index in [1.807, 2.05) is 0 Å². The second-order valence-corrected chi connectivity index (χ2v) is 3.31. The Morgan fingerprint density at radius 2 is 2.00 bits per heavy atom. The third-order valence-corrected chi connectivity index (χ3v) is 1.84. The molecule has 2 N–H and O–H groups in total. The van der Waals surface area contributed by atoms with Gasteiger partial charge in [0.15, 0.2) is 0 Å². The van der Waals surface area contributed by atoms with Gasteiger partial charge in [0, 0.05) is 12.6 Å². The molecule has 1 aromatic carbocycles. The van der Waals surface area contributed by atoms with Crippen molar-refractivity contribution in [3.8, 4) is 0 Å². The smallest absolute Gasteiger partial charge is 0.146 e. The van der Waals surface area contributed by atoms with E-state index in [0.717, 1.165) is 12.1 Å². The van der Waals surface area contributed by atoms with Crippen molar-refractivity contribution < 1.29 is 13.9 Å². The summed E-state index contributed by atoms with van der Waals surface area (Å²) in [5.74, 6) is -0.968. The highest BCUT2D eigenvalue weighted by Crippen LogP contribution is 2.18. The van der Waals surface area contributed by atoms with Gasteiger partial charge in [0.05, 0.1) is 11.8 Å². The predicted molar refractivity (Wildman–Crippen MR) is 51.3 cm³/mol. The van der Waals surface area contributed by atoms with Crippen LogP contribution >= 0.6 is 0 Å². The van der Waals surface area contributed by atoms with E-state index in [9.17, 15) is 8.78 Å². The lowest BCUT2D eigenvalue weighted by molar-refractivity contribution is 0.208. The van der Waals surface area contributed by atoms with Gasteiger partial charge in [0.1, 0.15) is 11.6 Å². The average molecular weight is 201 g/mol. The van der Waals surface area contributed by atoms with E-state index in [4.69, 9.17) is 5.11 Å². The largest absolute Gasteiger partial charge is 0.392 e. The second kappa shape index (κ2) is 4.37. The molecule has 0 aliphatic heterocycles. The fourth-order valence-electron chi connectivity index (χ4n) is 1.04. The number of aryl methyl sites for hydroxylation is 1. The van der Waals surface area contributed by atoms with Crippen LogP contribution in [0.25, 0.3) is 0 Å². The highest BCUT2D eigenvalue weighted by atomic mass is 19.1. The molecule has 4 heteroatoms. The highest BCUT2D eigenvalue weighted by Gasteiger charge is 2.07. The van der Waals surface area contributed by atoms with Crippen LogP contribution in [0.5, 0.6) is 0 Å². The monoisotopic (exact) mass is 201 g/mol. The number of hydrogen-bond acceptors (Lipinski definition) is 2. The average Bonchev–Trinajstić information content (AvgIpc) is 2.09. The molecule has 0 aliphatic rings. The Bertz CT molecular complexity index is 326. The molecule has 0 saturated carbocycles. The molecule has 0 saturated heterocycles. The van der Waals surface area contributed by atoms with Crippen molar-refractivity contribution in [1.82, 2.24) is 0 Å². The quantitative estimate of drug-likeness (QED) is 0.784. The Morgan fingerprint density at radius 3 is 2.57 bits per heavy atom. The summed E-state index contributed by atoms with van der Waals surface area (Å²) in [6, 6.07) is 2.22. The van der Waals surface area contributed by atoms with Gasteiger partial charge in [0.2, 0.25) is 0 Å². The van der Waals surface area contributed by atoms with Gasteiger partial charge >= 0.3 is 0 Å². The van der Waals surface area contributed by atoms with Crippen LogP contribution in [0, 0.1) is 18.6 Å². The van der Waals surface area contributed by atoms with E-state index >= 15 is 0 Å². The maximum atomic E-state index is 13.2. The second-order valence-electron chi connectivity index (χ2n) is 3.31. The van der Waals surface area contributed by atoms with Crippen LogP contribution < -0.4 is 5.32 Å². The molecule has 2 nitrogen and oxygen atoms in total. The molecule has 0 spiro atoms. The molecular formula is C10H13F2NO. The van der Waals surface area contributed by atoms with Crippen molar-refractivity contribution in [3.05, 3.63) is 29.3 Å². The molecular weight excluding hydrogens is 188 g/mol. The first-order valence-corrected chi connectivity index (χ1v) is 4.38. The Kier molecular flexibility index (Phi) is 3.41. The number of anilines is 1. The number of aliphatic hydroxyl groups excluding tert-OH is 1. The molecule has 0 aromatic heterocycles. The zero-order valence-electron chi connectivity index (χ0n) is 8.14. The van der Waals surface area contributed by atoms with Crippen LogP contribution in [-0.2, 0) is 0 Å². The topological polar surface area (TPSA) is 32.3 Å². The first kappa shape index (κ1) is 10.9. The highest BCUT2D eigenvalue weighted by molar-refractivity contribution is 5.46. The molecule has 1 aromatic rings. The fourth-order valence-corrected chi connectivity index (χ4v) is 1.04. The van der Waals surface area contributed by atoms with Gasteiger partial charge in [-0.1, -0.05) is 0 Å². The molecule has 78 valence electrons. The first-order chi connectivity index (χ1) is 6.50. The Labute approximate surface area is 81.6 Å². The van der Waals surface area contributed by atoms with Crippen molar-refractivity contribution in [2.75, 3.05) is 11.9 Å². The third-order valence-electron chi connectivity index (χ3n) is 1.84. The molecule has 1 atom stereocenters. The van der Waals surface area contributed by atoms with E-state index in [1.165, 1.54) is 6.92 Å². The summed E-state index contributed by atoms with van der Waals surface area (Å²) in [4.78, 5) is 0. The summed E-state index contributed by atoms with van der Waals surface area (Å²) >= 11 is 0. The molecule has 0 aliphatic carbocycles. The minimum atomic E-state index is -0.598. The van der Waals surface area contributed by atoms with E-state index in [2.05, 4.69) is 5.32 Å². The third kappa shape index (κ3) is 2.67. The van der Waals surface area contributed by atoms with Crippen LogP contribution in [-0.4, -0.2) is 17.8 Å². The molecule has 0 amide bonds.